The van der Waals surface area contributed by atoms with Crippen molar-refractivity contribution >= 4 is 5.78 Å². The molecule has 3 nitrogen and oxygen atoms in total. The van der Waals surface area contributed by atoms with Crippen molar-refractivity contribution in [2.45, 2.75) is 13.2 Å². The van der Waals surface area contributed by atoms with Crippen LogP contribution in [0.25, 0.3) is 0 Å². The molecule has 0 aliphatic heterocycles. The Kier molecular flexibility index (Phi) is 3.07. The summed E-state index contributed by atoms with van der Waals surface area (Å²) >= 11 is 0. The Morgan fingerprint density at radius 2 is 2.12 bits per heavy atom. The van der Waals surface area contributed by atoms with Gasteiger partial charge in [0.15, 0.2) is 12.1 Å². The quantitative estimate of drug-likeness (QED) is 0.375. The first kappa shape index (κ1) is 7.33. The van der Waals surface area contributed by atoms with Gasteiger partial charge in [-0.25, -0.2) is 0 Å². The first-order valence-corrected chi connectivity index (χ1v) is 2.18. The van der Waals surface area contributed by atoms with Gasteiger partial charge in [-0.05, 0) is 19.1 Å². The molecule has 0 saturated heterocycles. The van der Waals surface area contributed by atoms with Crippen LogP contribution in [-0.2, 0) is 4.79 Å². The second kappa shape index (κ2) is 3.35. The Morgan fingerprint density at radius 3 is 2.25 bits per heavy atom. The number of rotatable bonds is 2. The van der Waals surface area contributed by atoms with Crippen molar-refractivity contribution in [2.75, 3.05) is 0 Å². The van der Waals surface area contributed by atoms with Crippen LogP contribution in [0.3, 0.4) is 0 Å². The molecule has 0 aromatic carbocycles. The molecule has 0 radical (unpaired) electrons. The van der Waals surface area contributed by atoms with Crippen LogP contribution in [0.2, 0.25) is 0 Å². The summed E-state index contributed by atoms with van der Waals surface area (Å²) < 4.78 is 0. The van der Waals surface area contributed by atoms with E-state index in [0.717, 1.165) is 12.2 Å². The highest BCUT2D eigenvalue weighted by Gasteiger charge is 1.86. The molecule has 0 spiro atoms. The number of carbonyl (C=O) groups excluding carboxylic acids is 1. The standard InChI is InChI=1S/C5H8O3/c1-4(6)2-3-5(7)8/h2-3,5,7-8H,1H3/b3-2+. The van der Waals surface area contributed by atoms with Crippen LogP contribution in [0.1, 0.15) is 6.92 Å². The molecule has 8 heavy (non-hydrogen) atoms. The van der Waals surface area contributed by atoms with Crippen LogP contribution in [0.4, 0.5) is 0 Å². The summed E-state index contributed by atoms with van der Waals surface area (Å²) in [7, 11) is 0. The highest BCUT2D eigenvalue weighted by Crippen LogP contribution is 1.78. The van der Waals surface area contributed by atoms with Crippen LogP contribution < -0.4 is 0 Å². The van der Waals surface area contributed by atoms with Crippen LogP contribution in [0.5, 0.6) is 0 Å². The Balaban J connectivity index is 3.50. The fraction of sp³-hybridized carbons (Fsp3) is 0.400. The zero-order valence-corrected chi connectivity index (χ0v) is 4.53. The van der Waals surface area contributed by atoms with Crippen molar-refractivity contribution in [1.29, 1.82) is 0 Å². The van der Waals surface area contributed by atoms with Gasteiger partial charge in [-0.3, -0.25) is 4.79 Å². The summed E-state index contributed by atoms with van der Waals surface area (Å²) in [6, 6.07) is 0. The molecule has 0 aromatic heterocycles. The fourth-order valence-electron chi connectivity index (χ4n) is 0.222. The Labute approximate surface area is 47.3 Å². The van der Waals surface area contributed by atoms with Crippen LogP contribution in [0, 0.1) is 0 Å². The number of carbonyl (C=O) groups is 1. The lowest BCUT2D eigenvalue weighted by Crippen LogP contribution is -1.98. The number of aliphatic hydroxyl groups excluding tert-OH is 1. The molecule has 0 heterocycles. The first-order chi connectivity index (χ1) is 3.63. The third-order valence-corrected chi connectivity index (χ3v) is 0.503. The van der Waals surface area contributed by atoms with Gasteiger partial charge in [-0.2, -0.15) is 0 Å². The molecule has 3 heteroatoms. The minimum atomic E-state index is -1.51. The number of allylic oxidation sites excluding steroid dienone is 1. The van der Waals surface area contributed by atoms with Crippen LogP contribution in [0.15, 0.2) is 12.2 Å². The SMILES string of the molecule is CC(=O)/C=C/C(O)O. The minimum absolute atomic E-state index is 0.196. The molecular weight excluding hydrogens is 108 g/mol. The monoisotopic (exact) mass is 116 g/mol. The van der Waals surface area contributed by atoms with E-state index in [2.05, 4.69) is 0 Å². The minimum Gasteiger partial charge on any atom is -0.365 e. The molecule has 0 unspecified atom stereocenters. The molecule has 0 atom stereocenters. The van der Waals surface area contributed by atoms with Crippen molar-refractivity contribution in [1.82, 2.24) is 0 Å². The summed E-state index contributed by atoms with van der Waals surface area (Å²) in [4.78, 5) is 10.0. The molecule has 0 fully saturated rings. The van der Waals surface area contributed by atoms with E-state index < -0.39 is 6.29 Å². The van der Waals surface area contributed by atoms with E-state index >= 15 is 0 Å². The van der Waals surface area contributed by atoms with Crippen molar-refractivity contribution < 1.29 is 15.0 Å². The maximum Gasteiger partial charge on any atom is 0.171 e. The number of hydrogen-bond acceptors (Lipinski definition) is 3. The van der Waals surface area contributed by atoms with Crippen molar-refractivity contribution in [3.63, 3.8) is 0 Å². The molecule has 0 saturated carbocycles. The van der Waals surface area contributed by atoms with Gasteiger partial charge < -0.3 is 10.2 Å². The Morgan fingerprint density at radius 1 is 1.62 bits per heavy atom. The zero-order valence-electron chi connectivity index (χ0n) is 4.53. The van der Waals surface area contributed by atoms with Gasteiger partial charge >= 0.3 is 0 Å². The van der Waals surface area contributed by atoms with Crippen molar-refractivity contribution in [3.8, 4) is 0 Å². The highest BCUT2D eigenvalue weighted by molar-refractivity contribution is 5.87. The fourth-order valence-corrected chi connectivity index (χ4v) is 0.222. The summed E-state index contributed by atoms with van der Waals surface area (Å²) in [5.74, 6) is -0.196. The highest BCUT2D eigenvalue weighted by atomic mass is 16.5. The van der Waals surface area contributed by atoms with Crippen LogP contribution >= 0.6 is 0 Å². The lowest BCUT2D eigenvalue weighted by atomic mass is 10.4. The van der Waals surface area contributed by atoms with Gasteiger partial charge in [0.1, 0.15) is 0 Å². The summed E-state index contributed by atoms with van der Waals surface area (Å²) in [5, 5.41) is 16.2. The molecule has 46 valence electrons. The van der Waals surface area contributed by atoms with E-state index in [-0.39, 0.29) is 5.78 Å². The van der Waals surface area contributed by atoms with E-state index in [4.69, 9.17) is 10.2 Å². The van der Waals surface area contributed by atoms with Crippen molar-refractivity contribution in [2.24, 2.45) is 0 Å². The largest absolute Gasteiger partial charge is 0.365 e. The predicted octanol–water partition coefficient (Wildman–Crippen LogP) is -0.558. The van der Waals surface area contributed by atoms with Gasteiger partial charge in [0.25, 0.3) is 0 Å². The van der Waals surface area contributed by atoms with Gasteiger partial charge in [0.2, 0.25) is 0 Å². The molecule has 0 aromatic rings. The predicted molar refractivity (Wildman–Crippen MR) is 28.0 cm³/mol. The number of ketones is 1. The molecule has 0 amide bonds. The molecule has 0 rings (SSSR count). The van der Waals surface area contributed by atoms with E-state index in [9.17, 15) is 4.79 Å². The number of hydrogen-bond donors (Lipinski definition) is 2. The lowest BCUT2D eigenvalue weighted by molar-refractivity contribution is -0.112. The maximum atomic E-state index is 10.0. The molecule has 2 N–H and O–H groups in total. The average Bonchev–Trinajstić information content (AvgIpc) is 1.61. The molecular formula is C5H8O3. The Hall–Kier alpha value is -0.670. The number of aliphatic hydroxyl groups is 2. The van der Waals surface area contributed by atoms with Gasteiger partial charge in [0.05, 0.1) is 0 Å². The second-order valence-corrected chi connectivity index (χ2v) is 1.38. The third-order valence-electron chi connectivity index (χ3n) is 0.503. The maximum absolute atomic E-state index is 10.0. The summed E-state index contributed by atoms with van der Waals surface area (Å²) in [6.45, 7) is 1.33. The molecule has 0 aliphatic rings. The van der Waals surface area contributed by atoms with E-state index in [1.165, 1.54) is 6.92 Å². The molecule has 0 bridgehead atoms. The van der Waals surface area contributed by atoms with Crippen LogP contribution in [-0.4, -0.2) is 22.3 Å². The summed E-state index contributed by atoms with van der Waals surface area (Å²) in [5.41, 5.74) is 0. The van der Waals surface area contributed by atoms with Crippen molar-refractivity contribution in [3.05, 3.63) is 12.2 Å². The first-order valence-electron chi connectivity index (χ1n) is 2.18. The smallest absolute Gasteiger partial charge is 0.171 e. The Bertz CT molecular complexity index is 104. The molecule has 0 aliphatic carbocycles. The average molecular weight is 116 g/mol. The zero-order chi connectivity index (χ0) is 6.57. The van der Waals surface area contributed by atoms with E-state index in [1.54, 1.807) is 0 Å². The van der Waals surface area contributed by atoms with E-state index in [1.807, 2.05) is 0 Å². The van der Waals surface area contributed by atoms with E-state index in [0.29, 0.717) is 0 Å². The van der Waals surface area contributed by atoms with Gasteiger partial charge in [-0.15, -0.1) is 0 Å². The topological polar surface area (TPSA) is 57.5 Å². The van der Waals surface area contributed by atoms with Gasteiger partial charge in [-0.1, -0.05) is 0 Å². The summed E-state index contributed by atoms with van der Waals surface area (Å²) in [6.07, 6.45) is 0.589. The van der Waals surface area contributed by atoms with Gasteiger partial charge in [0, 0.05) is 0 Å². The third kappa shape index (κ3) is 5.33. The normalized spacial score (nSPS) is 11.0. The lowest BCUT2D eigenvalue weighted by Gasteiger charge is -1.88. The second-order valence-electron chi connectivity index (χ2n) is 1.38.